The number of likely N-dealkylation sites (tertiary alicyclic amines) is 1. The minimum absolute atomic E-state index is 0.214. The molecular weight excluding hydrogens is 395 g/mol. The van der Waals surface area contributed by atoms with Gasteiger partial charge in [-0.1, -0.05) is 12.1 Å². The fraction of sp³-hybridized carbons (Fsp3) is 0.320. The third-order valence-electron chi connectivity index (χ3n) is 5.78. The molecule has 1 aliphatic rings. The smallest absolute Gasteiger partial charge is 0.287 e. The Balaban J connectivity index is 1.22. The highest BCUT2D eigenvalue weighted by molar-refractivity contribution is 5.92. The summed E-state index contributed by atoms with van der Waals surface area (Å²) in [5, 5.41) is 2.99. The number of carbonyl (C=O) groups excluding carboxylic acids is 1. The van der Waals surface area contributed by atoms with Crippen LogP contribution in [-0.4, -0.2) is 37.6 Å². The zero-order valence-electron chi connectivity index (χ0n) is 17.6. The second-order valence-corrected chi connectivity index (χ2v) is 7.95. The van der Waals surface area contributed by atoms with Crippen LogP contribution in [0.2, 0.25) is 0 Å². The summed E-state index contributed by atoms with van der Waals surface area (Å²) >= 11 is 0. The molecule has 0 unspecified atom stereocenters. The van der Waals surface area contributed by atoms with Crippen molar-refractivity contribution in [2.75, 3.05) is 26.7 Å². The number of hydrogen-bond donors (Lipinski definition) is 1. The van der Waals surface area contributed by atoms with Crippen molar-refractivity contribution in [3.8, 4) is 17.1 Å². The average molecular weight is 423 g/mol. The molecule has 0 spiro atoms. The number of nitrogens with one attached hydrogen (secondary N) is 1. The minimum atomic E-state index is -0.302. The number of rotatable bonds is 7. The third kappa shape index (κ3) is 5.52. The van der Waals surface area contributed by atoms with Crippen LogP contribution < -0.4 is 10.1 Å². The van der Waals surface area contributed by atoms with Crippen molar-refractivity contribution in [1.82, 2.24) is 10.2 Å². The molecule has 1 amide bonds. The van der Waals surface area contributed by atoms with Gasteiger partial charge in [0.05, 0.1) is 7.11 Å². The molecular formula is C25H27FN2O3. The van der Waals surface area contributed by atoms with E-state index in [0.29, 0.717) is 18.2 Å². The number of benzene rings is 2. The molecule has 1 aliphatic heterocycles. The first-order chi connectivity index (χ1) is 15.1. The van der Waals surface area contributed by atoms with Gasteiger partial charge in [0, 0.05) is 18.7 Å². The van der Waals surface area contributed by atoms with Gasteiger partial charge in [0.15, 0.2) is 5.76 Å². The maximum Gasteiger partial charge on any atom is 0.287 e. The van der Waals surface area contributed by atoms with Crippen LogP contribution >= 0.6 is 0 Å². The number of ether oxygens (including phenoxy) is 1. The summed E-state index contributed by atoms with van der Waals surface area (Å²) in [6.45, 7) is 3.60. The molecule has 5 nitrogen and oxygen atoms in total. The molecule has 6 heteroatoms. The molecule has 1 saturated heterocycles. The molecule has 0 radical (unpaired) electrons. The molecule has 1 aromatic heterocycles. The van der Waals surface area contributed by atoms with Gasteiger partial charge in [0.2, 0.25) is 0 Å². The quantitative estimate of drug-likeness (QED) is 0.598. The van der Waals surface area contributed by atoms with Crippen LogP contribution in [0.25, 0.3) is 11.3 Å². The second-order valence-electron chi connectivity index (χ2n) is 7.95. The molecule has 3 aromatic rings. The Labute approximate surface area is 181 Å². The molecule has 4 rings (SSSR count). The molecule has 162 valence electrons. The fourth-order valence-corrected chi connectivity index (χ4v) is 3.89. The van der Waals surface area contributed by atoms with Crippen LogP contribution in [0.15, 0.2) is 65.1 Å². The molecule has 0 saturated carbocycles. The summed E-state index contributed by atoms with van der Waals surface area (Å²) in [4.78, 5) is 14.9. The zero-order chi connectivity index (χ0) is 21.6. The van der Waals surface area contributed by atoms with Gasteiger partial charge in [-0.15, -0.1) is 0 Å². The maximum absolute atomic E-state index is 13.1. The van der Waals surface area contributed by atoms with Crippen molar-refractivity contribution in [3.05, 3.63) is 77.8 Å². The van der Waals surface area contributed by atoms with Gasteiger partial charge in [-0.25, -0.2) is 4.39 Å². The zero-order valence-corrected chi connectivity index (χ0v) is 17.6. The van der Waals surface area contributed by atoms with E-state index in [1.54, 1.807) is 31.4 Å². The number of furan rings is 1. The van der Waals surface area contributed by atoms with Crippen LogP contribution in [0.1, 0.15) is 29.0 Å². The van der Waals surface area contributed by atoms with Crippen LogP contribution in [0.5, 0.6) is 5.75 Å². The monoisotopic (exact) mass is 422 g/mol. The Morgan fingerprint density at radius 3 is 2.45 bits per heavy atom. The lowest BCUT2D eigenvalue weighted by Crippen LogP contribution is -2.38. The van der Waals surface area contributed by atoms with Crippen molar-refractivity contribution in [1.29, 1.82) is 0 Å². The fourth-order valence-electron chi connectivity index (χ4n) is 3.89. The summed E-state index contributed by atoms with van der Waals surface area (Å²) in [7, 11) is 1.68. The summed E-state index contributed by atoms with van der Waals surface area (Å²) in [6, 6.07) is 17.6. The Morgan fingerprint density at radius 2 is 1.77 bits per heavy atom. The van der Waals surface area contributed by atoms with E-state index in [1.807, 2.05) is 12.1 Å². The second kappa shape index (κ2) is 9.79. The van der Waals surface area contributed by atoms with E-state index < -0.39 is 0 Å². The van der Waals surface area contributed by atoms with Crippen LogP contribution in [0, 0.1) is 11.7 Å². The standard InChI is InChI=1S/C25H27FN2O3/c1-30-22-8-2-19(3-9-22)17-28-14-12-18(13-15-28)16-27-25(29)24-11-10-23(31-24)20-4-6-21(26)7-5-20/h2-11,18H,12-17H2,1H3,(H,27,29). The summed E-state index contributed by atoms with van der Waals surface area (Å²) in [5.41, 5.74) is 2.02. The first-order valence-electron chi connectivity index (χ1n) is 10.6. The van der Waals surface area contributed by atoms with Gasteiger partial charge in [-0.3, -0.25) is 9.69 Å². The Hall–Kier alpha value is -3.12. The highest BCUT2D eigenvalue weighted by Gasteiger charge is 2.21. The van der Waals surface area contributed by atoms with E-state index in [4.69, 9.17) is 9.15 Å². The van der Waals surface area contributed by atoms with E-state index in [2.05, 4.69) is 22.3 Å². The molecule has 31 heavy (non-hydrogen) atoms. The third-order valence-corrected chi connectivity index (χ3v) is 5.78. The molecule has 2 heterocycles. The van der Waals surface area contributed by atoms with Crippen molar-refractivity contribution in [2.45, 2.75) is 19.4 Å². The van der Waals surface area contributed by atoms with Gasteiger partial charge in [0.25, 0.3) is 5.91 Å². The number of nitrogens with zero attached hydrogens (tertiary/aromatic N) is 1. The highest BCUT2D eigenvalue weighted by Crippen LogP contribution is 2.23. The van der Waals surface area contributed by atoms with Gasteiger partial charge >= 0.3 is 0 Å². The van der Waals surface area contributed by atoms with Crippen molar-refractivity contribution >= 4 is 5.91 Å². The molecule has 1 fully saturated rings. The van der Waals surface area contributed by atoms with E-state index >= 15 is 0 Å². The van der Waals surface area contributed by atoms with Crippen LogP contribution in [0.4, 0.5) is 4.39 Å². The van der Waals surface area contributed by atoms with Gasteiger partial charge < -0.3 is 14.5 Å². The molecule has 2 aromatic carbocycles. The Morgan fingerprint density at radius 1 is 1.06 bits per heavy atom. The molecule has 0 atom stereocenters. The summed E-state index contributed by atoms with van der Waals surface area (Å²) in [6.07, 6.45) is 2.10. The molecule has 1 N–H and O–H groups in total. The van der Waals surface area contributed by atoms with Crippen molar-refractivity contribution in [2.24, 2.45) is 5.92 Å². The van der Waals surface area contributed by atoms with E-state index in [9.17, 15) is 9.18 Å². The van der Waals surface area contributed by atoms with Crippen molar-refractivity contribution < 1.29 is 18.3 Å². The largest absolute Gasteiger partial charge is 0.497 e. The highest BCUT2D eigenvalue weighted by atomic mass is 19.1. The summed E-state index contributed by atoms with van der Waals surface area (Å²) < 4.78 is 23.9. The maximum atomic E-state index is 13.1. The SMILES string of the molecule is COc1ccc(CN2CCC(CNC(=O)c3ccc(-c4ccc(F)cc4)o3)CC2)cc1. The molecule has 0 aliphatic carbocycles. The predicted molar refractivity (Wildman–Crippen MR) is 117 cm³/mol. The normalized spacial score (nSPS) is 15.0. The van der Waals surface area contributed by atoms with E-state index in [-0.39, 0.29) is 17.5 Å². The lowest BCUT2D eigenvalue weighted by Gasteiger charge is -2.32. The number of carbonyl (C=O) groups is 1. The molecule has 0 bridgehead atoms. The lowest BCUT2D eigenvalue weighted by atomic mass is 9.96. The number of piperidine rings is 1. The van der Waals surface area contributed by atoms with Gasteiger partial charge in [-0.2, -0.15) is 0 Å². The first kappa shape index (κ1) is 21.1. The van der Waals surface area contributed by atoms with Gasteiger partial charge in [0.1, 0.15) is 17.3 Å². The summed E-state index contributed by atoms with van der Waals surface area (Å²) in [5.74, 6) is 1.65. The van der Waals surface area contributed by atoms with E-state index in [1.165, 1.54) is 17.7 Å². The topological polar surface area (TPSA) is 54.7 Å². The first-order valence-corrected chi connectivity index (χ1v) is 10.6. The van der Waals surface area contributed by atoms with Gasteiger partial charge in [-0.05, 0) is 85.9 Å². The van der Waals surface area contributed by atoms with Crippen LogP contribution in [0.3, 0.4) is 0 Å². The minimum Gasteiger partial charge on any atom is -0.497 e. The Kier molecular flexibility index (Phi) is 6.67. The number of halogens is 1. The lowest BCUT2D eigenvalue weighted by molar-refractivity contribution is 0.0908. The number of methoxy groups -OCH3 is 1. The number of amides is 1. The van der Waals surface area contributed by atoms with Crippen LogP contribution in [-0.2, 0) is 6.54 Å². The average Bonchev–Trinajstić information content (AvgIpc) is 3.30. The van der Waals surface area contributed by atoms with Crippen molar-refractivity contribution in [3.63, 3.8) is 0 Å². The number of hydrogen-bond acceptors (Lipinski definition) is 4. The predicted octanol–water partition coefficient (Wildman–Crippen LogP) is 4.74. The Bertz CT molecular complexity index is 990. The van der Waals surface area contributed by atoms with E-state index in [0.717, 1.165) is 43.8 Å².